The fourth-order valence-electron chi connectivity index (χ4n) is 3.67. The third kappa shape index (κ3) is 4.76. The molecule has 0 aliphatic carbocycles. The van der Waals surface area contributed by atoms with Crippen LogP contribution in [0.2, 0.25) is 0 Å². The maximum Gasteiger partial charge on any atom is 0.338 e. The molecule has 3 aromatic heterocycles. The number of rotatable bonds is 7. The lowest BCUT2D eigenvalue weighted by Gasteiger charge is -2.08. The Morgan fingerprint density at radius 1 is 0.971 bits per heavy atom. The molecule has 0 amide bonds. The van der Waals surface area contributed by atoms with Gasteiger partial charge < -0.3 is 9.72 Å². The topological polar surface area (TPSA) is 125 Å². The average molecular weight is 468 g/mol. The van der Waals surface area contributed by atoms with Gasteiger partial charge in [-0.25, -0.2) is 14.2 Å². The van der Waals surface area contributed by atoms with Gasteiger partial charge in [-0.3, -0.25) is 14.5 Å². The summed E-state index contributed by atoms with van der Waals surface area (Å²) >= 11 is 0. The molecule has 5 aromatic rings. The van der Waals surface area contributed by atoms with Gasteiger partial charge >= 0.3 is 11.7 Å². The van der Waals surface area contributed by atoms with Crippen molar-refractivity contribution in [3.63, 3.8) is 0 Å². The Kier molecular flexibility index (Phi) is 6.00. The second-order valence-corrected chi connectivity index (χ2v) is 7.79. The molecule has 35 heavy (non-hydrogen) atoms. The summed E-state index contributed by atoms with van der Waals surface area (Å²) in [6, 6.07) is 18.8. The third-order valence-electron chi connectivity index (χ3n) is 5.41. The van der Waals surface area contributed by atoms with Crippen LogP contribution in [0, 0.1) is 0 Å². The largest absolute Gasteiger partial charge is 0.455 e. The van der Waals surface area contributed by atoms with Crippen LogP contribution in [-0.2, 0) is 24.3 Å². The van der Waals surface area contributed by atoms with E-state index in [1.54, 1.807) is 47.4 Å². The highest BCUT2D eigenvalue weighted by Gasteiger charge is 2.14. The minimum Gasteiger partial charge on any atom is -0.455 e. The summed E-state index contributed by atoms with van der Waals surface area (Å²) in [5, 5.41) is 8.35. The monoisotopic (exact) mass is 468 g/mol. The third-order valence-corrected chi connectivity index (χ3v) is 5.41. The minimum absolute atomic E-state index is 0.0629. The zero-order valence-electron chi connectivity index (χ0n) is 18.5. The van der Waals surface area contributed by atoms with E-state index >= 15 is 0 Å². The predicted molar refractivity (Wildman–Crippen MR) is 127 cm³/mol. The second-order valence-electron chi connectivity index (χ2n) is 7.79. The van der Waals surface area contributed by atoms with Crippen molar-refractivity contribution in [2.75, 3.05) is 0 Å². The molecule has 3 heterocycles. The maximum absolute atomic E-state index is 12.9. The first-order valence-electron chi connectivity index (χ1n) is 10.9. The first-order chi connectivity index (χ1) is 17.1. The van der Waals surface area contributed by atoms with Crippen LogP contribution in [-0.4, -0.2) is 35.5 Å². The molecule has 0 bridgehead atoms. The number of nitrogens with zero attached hydrogens (tertiary/aromatic N) is 5. The number of carbonyl (C=O) groups is 1. The summed E-state index contributed by atoms with van der Waals surface area (Å²) in [5.74, 6) is -0.608. The van der Waals surface area contributed by atoms with Gasteiger partial charge in [0, 0.05) is 24.9 Å². The van der Waals surface area contributed by atoms with E-state index in [0.29, 0.717) is 24.3 Å². The molecule has 174 valence electrons. The predicted octanol–water partition coefficient (Wildman–Crippen LogP) is 2.27. The van der Waals surface area contributed by atoms with Crippen molar-refractivity contribution in [3.05, 3.63) is 117 Å². The molecule has 0 aliphatic heterocycles. The summed E-state index contributed by atoms with van der Waals surface area (Å²) in [4.78, 5) is 45.0. The van der Waals surface area contributed by atoms with Gasteiger partial charge in [0.25, 0.3) is 5.56 Å². The molecule has 10 heteroatoms. The lowest BCUT2D eigenvalue weighted by atomic mass is 10.1. The van der Waals surface area contributed by atoms with Gasteiger partial charge in [-0.05, 0) is 42.5 Å². The Hall–Kier alpha value is -4.86. The van der Waals surface area contributed by atoms with Crippen LogP contribution in [0.4, 0.5) is 0 Å². The maximum atomic E-state index is 12.9. The Bertz CT molecular complexity index is 1610. The quantitative estimate of drug-likeness (QED) is 0.363. The van der Waals surface area contributed by atoms with Crippen LogP contribution in [0.25, 0.3) is 16.6 Å². The lowest BCUT2D eigenvalue weighted by molar-refractivity contribution is 0.0468. The van der Waals surface area contributed by atoms with Crippen LogP contribution in [0.15, 0.2) is 88.7 Å². The highest BCUT2D eigenvalue weighted by molar-refractivity contribution is 5.94. The molecule has 0 saturated carbocycles. The van der Waals surface area contributed by atoms with Crippen molar-refractivity contribution in [1.29, 1.82) is 0 Å². The van der Waals surface area contributed by atoms with Crippen LogP contribution < -0.4 is 11.2 Å². The Labute approximate surface area is 198 Å². The van der Waals surface area contributed by atoms with E-state index in [2.05, 4.69) is 20.3 Å². The molecule has 1 N–H and O–H groups in total. The van der Waals surface area contributed by atoms with Gasteiger partial charge in [0.15, 0.2) is 0 Å². The molecule has 0 unspecified atom stereocenters. The van der Waals surface area contributed by atoms with Gasteiger partial charge in [-0.1, -0.05) is 29.5 Å². The summed E-state index contributed by atoms with van der Waals surface area (Å²) in [7, 11) is 0. The number of aromatic nitrogens is 6. The number of carbonyl (C=O) groups excluding carboxylic acids is 1. The molecule has 0 radical (unpaired) electrons. The van der Waals surface area contributed by atoms with Crippen molar-refractivity contribution >= 4 is 16.9 Å². The Morgan fingerprint density at radius 3 is 2.60 bits per heavy atom. The number of benzene rings is 2. The number of aryl methyl sites for hydroxylation is 2. The second kappa shape index (κ2) is 9.56. The van der Waals surface area contributed by atoms with E-state index in [1.807, 2.05) is 18.2 Å². The van der Waals surface area contributed by atoms with Crippen LogP contribution in [0.1, 0.15) is 21.7 Å². The SMILES string of the molecule is O=C(OCc1cn(CCc2ccccn2)nn1)c1ccc2c(=O)n(-c3ccccc3)c(=O)[nH]c2c1. The molecule has 2 aromatic carbocycles. The molecular formula is C25H20N6O4. The standard InChI is InChI=1S/C25H20N6O4/c32-23-21-10-9-17(14-22(21)27-25(34)31(23)20-7-2-1-3-8-20)24(33)35-16-19-15-30(29-28-19)13-11-18-6-4-5-12-26-18/h1-10,12,14-15H,11,13,16H2,(H,27,34). The number of fused-ring (bicyclic) bond motifs is 1. The van der Waals surface area contributed by atoms with Crippen LogP contribution in [0.3, 0.4) is 0 Å². The number of H-pyrrole nitrogens is 1. The lowest BCUT2D eigenvalue weighted by Crippen LogP contribution is -2.33. The zero-order chi connectivity index (χ0) is 24.2. The van der Waals surface area contributed by atoms with E-state index < -0.39 is 17.2 Å². The van der Waals surface area contributed by atoms with Gasteiger partial charge in [0.1, 0.15) is 12.3 Å². The molecule has 5 rings (SSSR count). The van der Waals surface area contributed by atoms with Crippen molar-refractivity contribution < 1.29 is 9.53 Å². The number of para-hydroxylation sites is 1. The van der Waals surface area contributed by atoms with Gasteiger partial charge in [0.05, 0.1) is 28.4 Å². The Morgan fingerprint density at radius 2 is 1.80 bits per heavy atom. The summed E-state index contributed by atoms with van der Waals surface area (Å²) in [6.07, 6.45) is 4.15. The van der Waals surface area contributed by atoms with Crippen LogP contribution >= 0.6 is 0 Å². The number of hydrogen-bond acceptors (Lipinski definition) is 7. The minimum atomic E-state index is -0.608. The molecule has 10 nitrogen and oxygen atoms in total. The van der Waals surface area contributed by atoms with E-state index in [1.165, 1.54) is 18.2 Å². The normalized spacial score (nSPS) is 11.0. The van der Waals surface area contributed by atoms with Gasteiger partial charge in [-0.15, -0.1) is 5.10 Å². The highest BCUT2D eigenvalue weighted by atomic mass is 16.5. The van der Waals surface area contributed by atoms with Crippen molar-refractivity contribution in [2.45, 2.75) is 19.6 Å². The van der Waals surface area contributed by atoms with Gasteiger partial charge in [0.2, 0.25) is 0 Å². The molecule has 0 fully saturated rings. The number of ether oxygens (including phenoxy) is 1. The van der Waals surface area contributed by atoms with E-state index in [-0.39, 0.29) is 23.1 Å². The highest BCUT2D eigenvalue weighted by Crippen LogP contribution is 2.12. The summed E-state index contributed by atoms with van der Waals surface area (Å²) in [5.41, 5.74) is 1.28. The number of pyridine rings is 1. The summed E-state index contributed by atoms with van der Waals surface area (Å²) in [6.45, 7) is 0.531. The van der Waals surface area contributed by atoms with E-state index in [9.17, 15) is 14.4 Å². The first-order valence-corrected chi connectivity index (χ1v) is 10.9. The van der Waals surface area contributed by atoms with Crippen molar-refractivity contribution in [3.8, 4) is 5.69 Å². The van der Waals surface area contributed by atoms with Gasteiger partial charge in [-0.2, -0.15) is 0 Å². The number of aromatic amines is 1. The zero-order valence-corrected chi connectivity index (χ0v) is 18.5. The van der Waals surface area contributed by atoms with Crippen molar-refractivity contribution in [1.82, 2.24) is 29.5 Å². The van der Waals surface area contributed by atoms with E-state index in [0.717, 1.165) is 10.3 Å². The molecule has 0 saturated heterocycles. The molecule has 0 spiro atoms. The average Bonchev–Trinajstić information content (AvgIpc) is 3.35. The fraction of sp³-hybridized carbons (Fsp3) is 0.120. The molecule has 0 aliphatic rings. The van der Waals surface area contributed by atoms with Crippen molar-refractivity contribution in [2.24, 2.45) is 0 Å². The summed E-state index contributed by atoms with van der Waals surface area (Å²) < 4.78 is 8.07. The number of esters is 1. The fourth-order valence-corrected chi connectivity index (χ4v) is 3.67. The van der Waals surface area contributed by atoms with E-state index in [4.69, 9.17) is 4.74 Å². The molecular weight excluding hydrogens is 448 g/mol. The number of nitrogens with one attached hydrogen (secondary N) is 1. The smallest absolute Gasteiger partial charge is 0.338 e. The van der Waals surface area contributed by atoms with Crippen LogP contribution in [0.5, 0.6) is 0 Å². The molecule has 0 atom stereocenters. The first kappa shape index (κ1) is 22.0. The number of hydrogen-bond donors (Lipinski definition) is 1. The Balaban J connectivity index is 1.28.